The molecule has 2 aliphatic rings. The fraction of sp³-hybridized carbons (Fsp3) is 0.458. The largest absolute Gasteiger partial charge is 0.390 e. The number of ether oxygens (including phenoxy) is 1. The number of aliphatic hydroxyl groups is 1. The molecule has 9 nitrogen and oxygen atoms in total. The van der Waals surface area contributed by atoms with E-state index >= 15 is 0 Å². The number of fused-ring (bicyclic) bond motifs is 2. The molecule has 0 amide bonds. The second-order valence-corrected chi connectivity index (χ2v) is 9.45. The molecule has 2 aliphatic heterocycles. The molecular formula is C24H29N7O2. The Balaban J connectivity index is 1.36. The van der Waals surface area contributed by atoms with Crippen molar-refractivity contribution in [1.29, 1.82) is 0 Å². The van der Waals surface area contributed by atoms with Gasteiger partial charge in [0.25, 0.3) is 0 Å². The number of hydrogen-bond donors (Lipinski definition) is 2. The molecule has 3 aromatic heterocycles. The quantitative estimate of drug-likeness (QED) is 0.495. The predicted molar refractivity (Wildman–Crippen MR) is 126 cm³/mol. The Bertz CT molecular complexity index is 1340. The van der Waals surface area contributed by atoms with Gasteiger partial charge in [0.15, 0.2) is 11.5 Å². The first-order valence-corrected chi connectivity index (χ1v) is 11.5. The van der Waals surface area contributed by atoms with Crippen LogP contribution in [0.5, 0.6) is 0 Å². The van der Waals surface area contributed by atoms with E-state index in [1.54, 1.807) is 6.20 Å². The average Bonchev–Trinajstić information content (AvgIpc) is 3.51. The van der Waals surface area contributed by atoms with Crippen LogP contribution < -0.4 is 10.6 Å². The van der Waals surface area contributed by atoms with Crippen LogP contribution in [0.2, 0.25) is 0 Å². The minimum Gasteiger partial charge on any atom is -0.390 e. The summed E-state index contributed by atoms with van der Waals surface area (Å²) in [6, 6.07) is 8.26. The van der Waals surface area contributed by atoms with Crippen LogP contribution in [0.3, 0.4) is 0 Å². The van der Waals surface area contributed by atoms with E-state index in [1.807, 2.05) is 30.1 Å². The Morgan fingerprint density at radius 2 is 2.03 bits per heavy atom. The highest BCUT2D eigenvalue weighted by atomic mass is 16.5. The molecule has 0 saturated carbocycles. The molecule has 2 fully saturated rings. The molecule has 3 N–H and O–H groups in total. The van der Waals surface area contributed by atoms with Gasteiger partial charge in [-0.2, -0.15) is 5.10 Å². The highest BCUT2D eigenvalue weighted by Crippen LogP contribution is 2.42. The van der Waals surface area contributed by atoms with Gasteiger partial charge in [0.1, 0.15) is 11.2 Å². The standard InChI is InChI=1S/C24H29N7O2/c1-15-21(25)24(14-33-15)7-10-30(11-8-24)22-18(13-32)28-23-17(27-22)12-26-31(23)20-5-3-4-19-16(20)6-9-29(19)2/h3-6,9,12,15,21,32H,7-8,10-11,13-14,25H2,1-2H3/t15-,21+/m0/s1. The summed E-state index contributed by atoms with van der Waals surface area (Å²) in [5, 5.41) is 15.9. The van der Waals surface area contributed by atoms with Crippen LogP contribution in [-0.4, -0.2) is 61.3 Å². The van der Waals surface area contributed by atoms with Gasteiger partial charge in [-0.3, -0.25) is 0 Å². The van der Waals surface area contributed by atoms with Crippen molar-refractivity contribution < 1.29 is 9.84 Å². The molecule has 9 heteroatoms. The lowest BCUT2D eigenvalue weighted by Gasteiger charge is -2.41. The number of nitrogens with zero attached hydrogens (tertiary/aromatic N) is 6. The number of anilines is 1. The smallest absolute Gasteiger partial charge is 0.182 e. The second kappa shape index (κ2) is 7.51. The topological polar surface area (TPSA) is 107 Å². The van der Waals surface area contributed by atoms with E-state index in [0.29, 0.717) is 16.9 Å². The summed E-state index contributed by atoms with van der Waals surface area (Å²) >= 11 is 0. The molecule has 1 aromatic carbocycles. The SMILES string of the molecule is C[C@@H]1OCC2(CCN(c3nc4cnn(-c5cccc6c5ccn6C)c4nc3CO)CC2)[C@@H]1N. The molecule has 0 bridgehead atoms. The van der Waals surface area contributed by atoms with E-state index in [0.717, 1.165) is 54.9 Å². The third-order valence-electron chi connectivity index (χ3n) is 7.64. The first-order chi connectivity index (χ1) is 16.0. The summed E-state index contributed by atoms with van der Waals surface area (Å²) in [5.41, 5.74) is 10.5. The van der Waals surface area contributed by atoms with Gasteiger partial charge in [0.05, 0.1) is 31.2 Å². The number of rotatable bonds is 3. The van der Waals surface area contributed by atoms with Crippen LogP contribution in [0.15, 0.2) is 36.7 Å². The molecule has 0 radical (unpaired) electrons. The maximum absolute atomic E-state index is 10.2. The number of hydrogen-bond acceptors (Lipinski definition) is 7. The molecule has 0 aliphatic carbocycles. The summed E-state index contributed by atoms with van der Waals surface area (Å²) in [4.78, 5) is 11.9. The van der Waals surface area contributed by atoms with Gasteiger partial charge in [-0.25, -0.2) is 14.6 Å². The number of aliphatic hydroxyl groups excluding tert-OH is 1. The van der Waals surface area contributed by atoms with E-state index in [1.165, 1.54) is 0 Å². The van der Waals surface area contributed by atoms with E-state index in [-0.39, 0.29) is 24.2 Å². The molecular weight excluding hydrogens is 418 g/mol. The van der Waals surface area contributed by atoms with Crippen molar-refractivity contribution in [3.8, 4) is 5.69 Å². The van der Waals surface area contributed by atoms with Crippen molar-refractivity contribution >= 4 is 27.9 Å². The minimum absolute atomic E-state index is 0.0338. The molecule has 0 unspecified atom stereocenters. The summed E-state index contributed by atoms with van der Waals surface area (Å²) in [7, 11) is 2.03. The van der Waals surface area contributed by atoms with Gasteiger partial charge in [-0.05, 0) is 38.0 Å². The lowest BCUT2D eigenvalue weighted by atomic mass is 9.73. The van der Waals surface area contributed by atoms with E-state index in [2.05, 4.69) is 33.6 Å². The fourth-order valence-corrected chi connectivity index (χ4v) is 5.52. The normalized spacial score (nSPS) is 22.7. The zero-order chi connectivity index (χ0) is 22.7. The molecule has 6 rings (SSSR count). The van der Waals surface area contributed by atoms with Crippen LogP contribution in [0.25, 0.3) is 27.8 Å². The maximum atomic E-state index is 10.2. The molecule has 172 valence electrons. The Hall–Kier alpha value is -3.01. The Kier molecular flexibility index (Phi) is 4.69. The van der Waals surface area contributed by atoms with Crippen molar-refractivity contribution in [2.75, 3.05) is 24.6 Å². The molecule has 2 saturated heterocycles. The van der Waals surface area contributed by atoms with Gasteiger partial charge in [-0.15, -0.1) is 0 Å². The van der Waals surface area contributed by atoms with E-state index in [9.17, 15) is 5.11 Å². The van der Waals surface area contributed by atoms with Crippen LogP contribution in [0, 0.1) is 5.41 Å². The van der Waals surface area contributed by atoms with Crippen molar-refractivity contribution in [3.63, 3.8) is 0 Å². The minimum atomic E-state index is -0.180. The van der Waals surface area contributed by atoms with Crippen molar-refractivity contribution in [1.82, 2.24) is 24.3 Å². The van der Waals surface area contributed by atoms with Gasteiger partial charge < -0.3 is 25.0 Å². The van der Waals surface area contributed by atoms with Crippen LogP contribution in [0.4, 0.5) is 5.82 Å². The van der Waals surface area contributed by atoms with E-state index in [4.69, 9.17) is 20.4 Å². The summed E-state index contributed by atoms with van der Waals surface area (Å²) in [6.45, 7) is 4.23. The van der Waals surface area contributed by atoms with Gasteiger partial charge in [-0.1, -0.05) is 6.07 Å². The highest BCUT2D eigenvalue weighted by Gasteiger charge is 2.47. The lowest BCUT2D eigenvalue weighted by molar-refractivity contribution is 0.0973. The van der Waals surface area contributed by atoms with Gasteiger partial charge in [0, 0.05) is 48.7 Å². The Morgan fingerprint density at radius 3 is 2.76 bits per heavy atom. The third kappa shape index (κ3) is 3.07. The average molecular weight is 448 g/mol. The number of aromatic nitrogens is 5. The zero-order valence-corrected chi connectivity index (χ0v) is 19.0. The number of piperidine rings is 1. The first-order valence-electron chi connectivity index (χ1n) is 11.5. The first kappa shape index (κ1) is 20.6. The summed E-state index contributed by atoms with van der Waals surface area (Å²) < 4.78 is 9.75. The summed E-state index contributed by atoms with van der Waals surface area (Å²) in [6.07, 6.45) is 5.77. The molecule has 33 heavy (non-hydrogen) atoms. The number of benzene rings is 1. The Labute approximate surface area is 191 Å². The van der Waals surface area contributed by atoms with Gasteiger partial charge >= 0.3 is 0 Å². The molecule has 4 aromatic rings. The van der Waals surface area contributed by atoms with Crippen LogP contribution in [-0.2, 0) is 18.4 Å². The van der Waals surface area contributed by atoms with Crippen molar-refractivity contribution in [2.45, 2.75) is 38.5 Å². The molecule has 5 heterocycles. The zero-order valence-electron chi connectivity index (χ0n) is 19.0. The summed E-state index contributed by atoms with van der Waals surface area (Å²) in [5.74, 6) is 0.734. The van der Waals surface area contributed by atoms with Crippen LogP contribution in [0.1, 0.15) is 25.5 Å². The maximum Gasteiger partial charge on any atom is 0.182 e. The molecule has 1 spiro atoms. The Morgan fingerprint density at radius 1 is 1.21 bits per heavy atom. The third-order valence-corrected chi connectivity index (χ3v) is 7.64. The van der Waals surface area contributed by atoms with Crippen molar-refractivity contribution in [3.05, 3.63) is 42.4 Å². The predicted octanol–water partition coefficient (Wildman–Crippen LogP) is 2.13. The highest BCUT2D eigenvalue weighted by molar-refractivity contribution is 5.90. The lowest BCUT2D eigenvalue weighted by Crippen LogP contribution is -2.51. The van der Waals surface area contributed by atoms with Crippen LogP contribution >= 0.6 is 0 Å². The molecule has 2 atom stereocenters. The fourth-order valence-electron chi connectivity index (χ4n) is 5.52. The van der Waals surface area contributed by atoms with Gasteiger partial charge in [0.2, 0.25) is 0 Å². The second-order valence-electron chi connectivity index (χ2n) is 9.45. The number of nitrogens with two attached hydrogens (primary N) is 1. The van der Waals surface area contributed by atoms with E-state index < -0.39 is 0 Å². The van der Waals surface area contributed by atoms with Crippen molar-refractivity contribution in [2.24, 2.45) is 18.2 Å². The number of aryl methyl sites for hydroxylation is 1. The monoisotopic (exact) mass is 447 g/mol.